The quantitative estimate of drug-likeness (QED) is 0.826. The van der Waals surface area contributed by atoms with Gasteiger partial charge in [-0.3, -0.25) is 0 Å². The molecule has 0 spiro atoms. The van der Waals surface area contributed by atoms with E-state index in [4.69, 9.17) is 5.26 Å². The molecule has 1 aromatic carbocycles. The summed E-state index contributed by atoms with van der Waals surface area (Å²) in [4.78, 5) is 0.166. The van der Waals surface area contributed by atoms with Crippen LogP contribution in [0.2, 0.25) is 0 Å². The fourth-order valence-corrected chi connectivity index (χ4v) is 5.60. The molecule has 0 aliphatic carbocycles. The average molecular weight is 371 g/mol. The van der Waals surface area contributed by atoms with E-state index in [0.29, 0.717) is 12.1 Å². The van der Waals surface area contributed by atoms with Crippen LogP contribution in [0.3, 0.4) is 0 Å². The number of aromatic nitrogens is 3. The van der Waals surface area contributed by atoms with Crippen molar-refractivity contribution in [2.24, 2.45) is 0 Å². The standard InChI is InChI=1S/C18H21N5O2S/c19-13-14-6-4-7-15(12-14)26(24,25)23-11-5-8-16(23)18-21-20-17-9-2-1-3-10-22(17)18/h4,6-7,12,16H,1-3,5,8-11H2. The number of nitriles is 1. The Morgan fingerprint density at radius 1 is 1.12 bits per heavy atom. The highest BCUT2D eigenvalue weighted by Gasteiger charge is 2.39. The summed E-state index contributed by atoms with van der Waals surface area (Å²) in [7, 11) is -3.68. The maximum Gasteiger partial charge on any atom is 0.243 e. The van der Waals surface area contributed by atoms with Gasteiger partial charge in [-0.25, -0.2) is 8.42 Å². The highest BCUT2D eigenvalue weighted by atomic mass is 32.2. The average Bonchev–Trinajstić information content (AvgIpc) is 3.23. The van der Waals surface area contributed by atoms with Gasteiger partial charge >= 0.3 is 0 Å². The van der Waals surface area contributed by atoms with Crippen molar-refractivity contribution >= 4 is 10.0 Å². The van der Waals surface area contributed by atoms with Crippen LogP contribution in [-0.4, -0.2) is 34.0 Å². The predicted octanol–water partition coefficient (Wildman–Crippen LogP) is 2.40. The summed E-state index contributed by atoms with van der Waals surface area (Å²) in [5.74, 6) is 1.73. The van der Waals surface area contributed by atoms with Crippen molar-refractivity contribution in [3.05, 3.63) is 41.5 Å². The molecule has 1 saturated heterocycles. The van der Waals surface area contributed by atoms with Gasteiger partial charge in [0.1, 0.15) is 5.82 Å². The summed E-state index contributed by atoms with van der Waals surface area (Å²) >= 11 is 0. The topological polar surface area (TPSA) is 91.9 Å². The van der Waals surface area contributed by atoms with Crippen LogP contribution in [0.15, 0.2) is 29.2 Å². The van der Waals surface area contributed by atoms with E-state index in [0.717, 1.165) is 56.7 Å². The molecule has 0 N–H and O–H groups in total. The zero-order valence-corrected chi connectivity index (χ0v) is 15.3. The van der Waals surface area contributed by atoms with Crippen molar-refractivity contribution in [1.82, 2.24) is 19.1 Å². The first-order valence-corrected chi connectivity index (χ1v) is 10.5. The van der Waals surface area contributed by atoms with Crippen LogP contribution in [0.5, 0.6) is 0 Å². The molecule has 3 heterocycles. The van der Waals surface area contributed by atoms with Gasteiger partial charge < -0.3 is 4.57 Å². The van der Waals surface area contributed by atoms with E-state index in [1.54, 1.807) is 18.2 Å². The molecule has 2 aliphatic rings. The third kappa shape index (κ3) is 2.91. The first-order valence-electron chi connectivity index (χ1n) is 9.05. The third-order valence-electron chi connectivity index (χ3n) is 5.21. The van der Waals surface area contributed by atoms with Crippen molar-refractivity contribution in [3.8, 4) is 6.07 Å². The fourth-order valence-electron chi connectivity index (χ4n) is 3.90. The van der Waals surface area contributed by atoms with Crippen LogP contribution in [0.4, 0.5) is 0 Å². The molecule has 0 saturated carbocycles. The maximum atomic E-state index is 13.2. The van der Waals surface area contributed by atoms with E-state index in [-0.39, 0.29) is 10.9 Å². The molecule has 0 bridgehead atoms. The van der Waals surface area contributed by atoms with Gasteiger partial charge in [-0.1, -0.05) is 12.5 Å². The fraction of sp³-hybridized carbons (Fsp3) is 0.500. The molecule has 2 aromatic rings. The minimum Gasteiger partial charge on any atom is -0.314 e. The number of rotatable bonds is 3. The van der Waals surface area contributed by atoms with Crippen molar-refractivity contribution in [3.63, 3.8) is 0 Å². The Labute approximate surface area is 153 Å². The Kier molecular flexibility index (Phi) is 4.51. The van der Waals surface area contributed by atoms with Crippen molar-refractivity contribution < 1.29 is 8.42 Å². The van der Waals surface area contributed by atoms with Crippen molar-refractivity contribution in [2.45, 2.75) is 56.0 Å². The first-order chi connectivity index (χ1) is 12.6. The molecule has 0 amide bonds. The predicted molar refractivity (Wildman–Crippen MR) is 94.6 cm³/mol. The molecule has 0 radical (unpaired) electrons. The van der Waals surface area contributed by atoms with Gasteiger partial charge in [-0.15, -0.1) is 10.2 Å². The lowest BCUT2D eigenvalue weighted by Crippen LogP contribution is -2.32. The van der Waals surface area contributed by atoms with Gasteiger partial charge in [0.2, 0.25) is 10.0 Å². The monoisotopic (exact) mass is 371 g/mol. The summed E-state index contributed by atoms with van der Waals surface area (Å²) in [6.07, 6.45) is 5.78. The number of nitrogens with zero attached hydrogens (tertiary/aromatic N) is 5. The molecular weight excluding hydrogens is 350 g/mol. The maximum absolute atomic E-state index is 13.2. The van der Waals surface area contributed by atoms with E-state index in [1.165, 1.54) is 10.4 Å². The zero-order valence-electron chi connectivity index (χ0n) is 14.5. The zero-order chi connectivity index (χ0) is 18.1. The van der Waals surface area contributed by atoms with Crippen molar-refractivity contribution in [2.75, 3.05) is 6.54 Å². The van der Waals surface area contributed by atoms with Gasteiger partial charge in [0.05, 0.1) is 22.6 Å². The molecule has 26 heavy (non-hydrogen) atoms. The van der Waals surface area contributed by atoms with E-state index in [9.17, 15) is 8.42 Å². The Hall–Kier alpha value is -2.24. The SMILES string of the molecule is N#Cc1cccc(S(=O)(=O)N2CCCC2c2nnc3n2CCCCC3)c1. The molecule has 1 atom stereocenters. The lowest BCUT2D eigenvalue weighted by molar-refractivity contribution is 0.370. The molecule has 1 aromatic heterocycles. The molecule has 136 valence electrons. The highest BCUT2D eigenvalue weighted by Crippen LogP contribution is 2.36. The summed E-state index contributed by atoms with van der Waals surface area (Å²) in [5.41, 5.74) is 0.346. The summed E-state index contributed by atoms with van der Waals surface area (Å²) < 4.78 is 30.1. The number of aryl methyl sites for hydroxylation is 1. The molecule has 7 nitrogen and oxygen atoms in total. The summed E-state index contributed by atoms with van der Waals surface area (Å²) in [6.45, 7) is 1.32. The number of fused-ring (bicyclic) bond motifs is 1. The normalized spacial score (nSPS) is 21.1. The molecule has 2 aliphatic heterocycles. The lowest BCUT2D eigenvalue weighted by atomic mass is 10.2. The molecule has 4 rings (SSSR count). The Bertz CT molecular complexity index is 960. The molecular formula is C18H21N5O2S. The van der Waals surface area contributed by atoms with Crippen LogP contribution in [-0.2, 0) is 23.0 Å². The number of benzene rings is 1. The molecule has 1 unspecified atom stereocenters. The Morgan fingerprint density at radius 2 is 2.00 bits per heavy atom. The number of sulfonamides is 1. The molecule has 1 fully saturated rings. The minimum atomic E-state index is -3.68. The van der Waals surface area contributed by atoms with Gasteiger partial charge in [0.25, 0.3) is 0 Å². The van der Waals surface area contributed by atoms with Crippen LogP contribution in [0.25, 0.3) is 0 Å². The van der Waals surface area contributed by atoms with E-state index in [1.807, 2.05) is 6.07 Å². The molecule has 8 heteroatoms. The van der Waals surface area contributed by atoms with E-state index >= 15 is 0 Å². The number of hydrogen-bond donors (Lipinski definition) is 0. The first kappa shape index (κ1) is 17.2. The van der Waals surface area contributed by atoms with Crippen molar-refractivity contribution in [1.29, 1.82) is 5.26 Å². The lowest BCUT2D eigenvalue weighted by Gasteiger charge is -2.24. The van der Waals surface area contributed by atoms with Crippen LogP contribution in [0, 0.1) is 11.3 Å². The second-order valence-electron chi connectivity index (χ2n) is 6.85. The second-order valence-corrected chi connectivity index (χ2v) is 8.74. The second kappa shape index (κ2) is 6.82. The van der Waals surface area contributed by atoms with Gasteiger partial charge in [-0.2, -0.15) is 9.57 Å². The minimum absolute atomic E-state index is 0.166. The largest absolute Gasteiger partial charge is 0.314 e. The van der Waals surface area contributed by atoms with Crippen LogP contribution in [0.1, 0.15) is 55.4 Å². The number of hydrogen-bond acceptors (Lipinski definition) is 5. The van der Waals surface area contributed by atoms with E-state index < -0.39 is 10.0 Å². The van der Waals surface area contributed by atoms with Crippen LogP contribution < -0.4 is 0 Å². The van der Waals surface area contributed by atoms with Gasteiger partial charge in [0.15, 0.2) is 5.82 Å². The highest BCUT2D eigenvalue weighted by molar-refractivity contribution is 7.89. The summed E-state index contributed by atoms with van der Waals surface area (Å²) in [5, 5.41) is 17.8. The third-order valence-corrected chi connectivity index (χ3v) is 7.11. The smallest absolute Gasteiger partial charge is 0.243 e. The van der Waals surface area contributed by atoms with E-state index in [2.05, 4.69) is 14.8 Å². The van der Waals surface area contributed by atoms with Crippen LogP contribution >= 0.6 is 0 Å². The summed E-state index contributed by atoms with van der Waals surface area (Å²) in [6, 6.07) is 7.93. The van der Waals surface area contributed by atoms with Gasteiger partial charge in [0, 0.05) is 19.5 Å². The Morgan fingerprint density at radius 3 is 2.85 bits per heavy atom. The van der Waals surface area contributed by atoms with Gasteiger partial charge in [-0.05, 0) is 43.9 Å². The Balaban J connectivity index is 1.71.